The van der Waals surface area contributed by atoms with Crippen molar-refractivity contribution >= 4 is 0 Å². The molecule has 108 valence electrons. The van der Waals surface area contributed by atoms with Crippen molar-refractivity contribution in [2.45, 2.75) is 39.4 Å². The van der Waals surface area contributed by atoms with Gasteiger partial charge in [0.2, 0.25) is 0 Å². The third kappa shape index (κ3) is 3.50. The molecule has 0 saturated carbocycles. The highest BCUT2D eigenvalue weighted by Crippen LogP contribution is 2.26. The summed E-state index contributed by atoms with van der Waals surface area (Å²) >= 11 is 0. The first kappa shape index (κ1) is 14.8. The zero-order chi connectivity index (χ0) is 14.5. The van der Waals surface area contributed by atoms with E-state index in [-0.39, 0.29) is 12.1 Å². The van der Waals surface area contributed by atoms with Gasteiger partial charge in [-0.2, -0.15) is 0 Å². The summed E-state index contributed by atoms with van der Waals surface area (Å²) in [5.41, 5.74) is 7.50. The molecule has 3 heteroatoms. The molecule has 1 aromatic heterocycles. The van der Waals surface area contributed by atoms with E-state index in [1.807, 2.05) is 32.0 Å². The van der Waals surface area contributed by atoms with Crippen LogP contribution in [-0.2, 0) is 6.54 Å². The smallest absolute Gasteiger partial charge is 0.122 e. The fraction of sp³-hybridized carbons (Fsp3) is 0.412. The van der Waals surface area contributed by atoms with Gasteiger partial charge < -0.3 is 10.2 Å². The Bertz CT molecular complexity index is 519. The monoisotopic (exact) mass is 272 g/mol. The average molecular weight is 272 g/mol. The lowest BCUT2D eigenvalue weighted by atomic mass is 10.0. The highest BCUT2D eigenvalue weighted by Gasteiger charge is 2.25. The van der Waals surface area contributed by atoms with Gasteiger partial charge in [-0.05, 0) is 38.1 Å². The fourth-order valence-electron chi connectivity index (χ4n) is 2.61. The second-order valence-electron chi connectivity index (χ2n) is 5.30. The molecule has 0 saturated heterocycles. The molecule has 2 unspecified atom stereocenters. The van der Waals surface area contributed by atoms with Crippen LogP contribution in [0.1, 0.15) is 37.0 Å². The molecule has 0 spiro atoms. The van der Waals surface area contributed by atoms with Gasteiger partial charge >= 0.3 is 0 Å². The van der Waals surface area contributed by atoms with Gasteiger partial charge in [0, 0.05) is 12.6 Å². The molecule has 0 radical (unpaired) electrons. The molecule has 2 N–H and O–H groups in total. The molecule has 0 fully saturated rings. The summed E-state index contributed by atoms with van der Waals surface area (Å²) in [5.74, 6) is 1.89. The maximum atomic E-state index is 6.21. The van der Waals surface area contributed by atoms with Crippen molar-refractivity contribution in [3.8, 4) is 0 Å². The van der Waals surface area contributed by atoms with E-state index in [2.05, 4.69) is 36.1 Å². The second kappa shape index (κ2) is 6.73. The Morgan fingerprint density at radius 2 is 1.85 bits per heavy atom. The Morgan fingerprint density at radius 3 is 2.35 bits per heavy atom. The normalized spacial score (nSPS) is 14.4. The summed E-state index contributed by atoms with van der Waals surface area (Å²) in [6.45, 7) is 7.98. The molecule has 2 rings (SSSR count). The molecule has 0 aliphatic rings. The van der Waals surface area contributed by atoms with Crippen molar-refractivity contribution in [2.75, 3.05) is 6.54 Å². The molecule has 0 aliphatic heterocycles. The summed E-state index contributed by atoms with van der Waals surface area (Å²) in [4.78, 5) is 2.36. The van der Waals surface area contributed by atoms with Crippen molar-refractivity contribution < 1.29 is 4.42 Å². The van der Waals surface area contributed by atoms with Gasteiger partial charge in [-0.3, -0.25) is 4.90 Å². The standard InChI is InChI=1S/C17H24N2O/c1-4-19(12-15-8-6-5-7-9-15)17(14(3)18)16-11-10-13(2)20-16/h5-11,14,17H,4,12,18H2,1-3H3. The Labute approximate surface area is 121 Å². The lowest BCUT2D eigenvalue weighted by molar-refractivity contribution is 0.153. The number of hydrogen-bond acceptors (Lipinski definition) is 3. The third-order valence-corrected chi connectivity index (χ3v) is 3.58. The van der Waals surface area contributed by atoms with Crippen LogP contribution in [0.15, 0.2) is 46.9 Å². The number of benzene rings is 1. The fourth-order valence-corrected chi connectivity index (χ4v) is 2.61. The molecular weight excluding hydrogens is 248 g/mol. The average Bonchev–Trinajstić information content (AvgIpc) is 2.85. The quantitative estimate of drug-likeness (QED) is 0.875. The Kier molecular flexibility index (Phi) is 4.99. The molecule has 3 nitrogen and oxygen atoms in total. The Hall–Kier alpha value is -1.58. The van der Waals surface area contributed by atoms with Gasteiger partial charge in [-0.25, -0.2) is 0 Å². The molecule has 2 aromatic rings. The van der Waals surface area contributed by atoms with Crippen LogP contribution in [0.25, 0.3) is 0 Å². The molecule has 0 amide bonds. The van der Waals surface area contributed by atoms with Crippen molar-refractivity contribution in [1.29, 1.82) is 0 Å². The number of nitrogens with zero attached hydrogens (tertiary/aromatic N) is 1. The Balaban J connectivity index is 2.22. The first-order chi connectivity index (χ1) is 9.61. The zero-order valence-electron chi connectivity index (χ0n) is 12.5. The molecule has 1 heterocycles. The number of nitrogens with two attached hydrogens (primary N) is 1. The van der Waals surface area contributed by atoms with Crippen LogP contribution in [0.4, 0.5) is 0 Å². The molecule has 20 heavy (non-hydrogen) atoms. The topological polar surface area (TPSA) is 42.4 Å². The number of likely N-dealkylation sites (N-methyl/N-ethyl adjacent to an activating group) is 1. The van der Waals surface area contributed by atoms with Crippen LogP contribution in [0, 0.1) is 6.92 Å². The van der Waals surface area contributed by atoms with Gasteiger partial charge in [-0.1, -0.05) is 37.3 Å². The number of aryl methyl sites for hydroxylation is 1. The molecule has 0 bridgehead atoms. The first-order valence-electron chi connectivity index (χ1n) is 7.21. The number of rotatable bonds is 6. The van der Waals surface area contributed by atoms with Gasteiger partial charge in [0.05, 0.1) is 6.04 Å². The summed E-state index contributed by atoms with van der Waals surface area (Å²) in [7, 11) is 0. The predicted molar refractivity (Wildman–Crippen MR) is 82.4 cm³/mol. The van der Waals surface area contributed by atoms with Crippen molar-refractivity contribution in [1.82, 2.24) is 4.90 Å². The van der Waals surface area contributed by atoms with Crippen LogP contribution in [0.5, 0.6) is 0 Å². The zero-order valence-corrected chi connectivity index (χ0v) is 12.5. The maximum Gasteiger partial charge on any atom is 0.122 e. The molecule has 2 atom stereocenters. The lowest BCUT2D eigenvalue weighted by Gasteiger charge is -2.32. The highest BCUT2D eigenvalue weighted by atomic mass is 16.3. The van der Waals surface area contributed by atoms with Crippen LogP contribution >= 0.6 is 0 Å². The minimum atomic E-state index is 0.0178. The van der Waals surface area contributed by atoms with E-state index in [1.54, 1.807) is 0 Å². The summed E-state index contributed by atoms with van der Waals surface area (Å²) in [6, 6.07) is 14.6. The minimum Gasteiger partial charge on any atom is -0.465 e. The molecular formula is C17H24N2O. The van der Waals surface area contributed by atoms with Crippen molar-refractivity contribution in [3.63, 3.8) is 0 Å². The lowest BCUT2D eigenvalue weighted by Crippen LogP contribution is -2.39. The van der Waals surface area contributed by atoms with Crippen LogP contribution in [0.3, 0.4) is 0 Å². The van der Waals surface area contributed by atoms with E-state index in [0.717, 1.165) is 24.6 Å². The van der Waals surface area contributed by atoms with E-state index in [0.29, 0.717) is 0 Å². The molecule has 0 aliphatic carbocycles. The van der Waals surface area contributed by atoms with E-state index in [1.165, 1.54) is 5.56 Å². The van der Waals surface area contributed by atoms with E-state index >= 15 is 0 Å². The third-order valence-electron chi connectivity index (χ3n) is 3.58. The van der Waals surface area contributed by atoms with E-state index in [9.17, 15) is 0 Å². The maximum absolute atomic E-state index is 6.21. The van der Waals surface area contributed by atoms with Gasteiger partial charge in [0.25, 0.3) is 0 Å². The second-order valence-corrected chi connectivity index (χ2v) is 5.30. The summed E-state index contributed by atoms with van der Waals surface area (Å²) in [6.07, 6.45) is 0. The summed E-state index contributed by atoms with van der Waals surface area (Å²) in [5, 5.41) is 0. The van der Waals surface area contributed by atoms with Crippen molar-refractivity contribution in [3.05, 3.63) is 59.5 Å². The largest absolute Gasteiger partial charge is 0.465 e. The first-order valence-corrected chi connectivity index (χ1v) is 7.21. The van der Waals surface area contributed by atoms with E-state index in [4.69, 9.17) is 10.2 Å². The number of furan rings is 1. The van der Waals surface area contributed by atoms with Gasteiger partial charge in [0.15, 0.2) is 0 Å². The number of hydrogen-bond donors (Lipinski definition) is 1. The van der Waals surface area contributed by atoms with Crippen LogP contribution < -0.4 is 5.73 Å². The van der Waals surface area contributed by atoms with Crippen LogP contribution in [0.2, 0.25) is 0 Å². The van der Waals surface area contributed by atoms with Gasteiger partial charge in [0.1, 0.15) is 11.5 Å². The Morgan fingerprint density at radius 1 is 1.15 bits per heavy atom. The highest BCUT2D eigenvalue weighted by molar-refractivity contribution is 5.16. The van der Waals surface area contributed by atoms with Gasteiger partial charge in [-0.15, -0.1) is 0 Å². The SMILES string of the molecule is CCN(Cc1ccccc1)C(c1ccc(C)o1)C(C)N. The van der Waals surface area contributed by atoms with Crippen molar-refractivity contribution in [2.24, 2.45) is 5.73 Å². The summed E-state index contributed by atoms with van der Waals surface area (Å²) < 4.78 is 5.81. The predicted octanol–water partition coefficient (Wildman–Crippen LogP) is 3.50. The van der Waals surface area contributed by atoms with Crippen LogP contribution in [-0.4, -0.2) is 17.5 Å². The minimum absolute atomic E-state index is 0.0178. The molecule has 1 aromatic carbocycles. The van der Waals surface area contributed by atoms with E-state index < -0.39 is 0 Å².